The number of benzene rings is 1. The normalized spacial score (nSPS) is 26.2. The summed E-state index contributed by atoms with van der Waals surface area (Å²) >= 11 is 0. The fourth-order valence-corrected chi connectivity index (χ4v) is 5.67. The van der Waals surface area contributed by atoms with Crippen LogP contribution in [0.5, 0.6) is 5.75 Å². The fourth-order valence-electron chi connectivity index (χ4n) is 5.67. The van der Waals surface area contributed by atoms with E-state index in [1.807, 2.05) is 4.90 Å². The summed E-state index contributed by atoms with van der Waals surface area (Å²) in [5.74, 6) is -0.739. The van der Waals surface area contributed by atoms with Gasteiger partial charge in [0.15, 0.2) is 28.8 Å². The quantitative estimate of drug-likeness (QED) is 0.636. The number of rotatable bonds is 7. The third-order valence-electron chi connectivity index (χ3n) is 7.58. The predicted octanol–water partition coefficient (Wildman–Crippen LogP) is 4.58. The summed E-state index contributed by atoms with van der Waals surface area (Å²) in [5, 5.41) is 2.61. The molecule has 0 radical (unpaired) electrons. The van der Waals surface area contributed by atoms with Crippen molar-refractivity contribution in [3.63, 3.8) is 0 Å². The maximum absolute atomic E-state index is 14.7. The standard InChI is InChI=1S/C25H30F2N4O3/c26-19-12-17(13-20(27)23(19)33-18-10-15-9-16(15)11-18)28-24(32)22-21(14-30-5-1-2-6-30)34-25(29-22)31-7-3-4-8-31/h12-13,15-16,18H,1-11,14H2,(H,28,32)/t15-,16?,18?/m0/s1. The largest absolute Gasteiger partial charge is 0.484 e. The number of nitrogens with one attached hydrogen (secondary N) is 1. The van der Waals surface area contributed by atoms with Gasteiger partial charge in [0.2, 0.25) is 0 Å². The lowest BCUT2D eigenvalue weighted by Crippen LogP contribution is -2.21. The summed E-state index contributed by atoms with van der Waals surface area (Å²) in [4.78, 5) is 21.9. The van der Waals surface area contributed by atoms with E-state index < -0.39 is 17.5 Å². The second-order valence-corrected chi connectivity index (χ2v) is 10.1. The number of halogens is 2. The second kappa shape index (κ2) is 8.83. The van der Waals surface area contributed by atoms with Crippen LogP contribution in [-0.4, -0.2) is 48.1 Å². The van der Waals surface area contributed by atoms with Gasteiger partial charge >= 0.3 is 0 Å². The van der Waals surface area contributed by atoms with Crippen LogP contribution in [0.2, 0.25) is 0 Å². The number of likely N-dealkylation sites (tertiary alicyclic amines) is 1. The Balaban J connectivity index is 1.19. The highest BCUT2D eigenvalue weighted by Gasteiger charge is 2.47. The zero-order valence-corrected chi connectivity index (χ0v) is 19.2. The van der Waals surface area contributed by atoms with E-state index in [0.717, 1.165) is 76.8 Å². The smallest absolute Gasteiger partial charge is 0.298 e. The highest BCUT2D eigenvalue weighted by Crippen LogP contribution is 2.52. The Morgan fingerprint density at radius 3 is 2.35 bits per heavy atom. The summed E-state index contributed by atoms with van der Waals surface area (Å²) < 4.78 is 41.1. The molecule has 4 aliphatic rings. The zero-order valence-electron chi connectivity index (χ0n) is 19.2. The van der Waals surface area contributed by atoms with Crippen molar-refractivity contribution in [3.05, 3.63) is 35.2 Å². The number of anilines is 2. The number of amides is 1. The topological polar surface area (TPSA) is 70.8 Å². The fraction of sp³-hybridized carbons (Fsp3) is 0.600. The molecule has 1 amide bonds. The van der Waals surface area contributed by atoms with E-state index in [2.05, 4.69) is 15.2 Å². The van der Waals surface area contributed by atoms with Crippen LogP contribution in [0.1, 0.15) is 61.2 Å². The van der Waals surface area contributed by atoms with Gasteiger partial charge in [0.25, 0.3) is 11.9 Å². The predicted molar refractivity (Wildman–Crippen MR) is 122 cm³/mol. The molecule has 1 N–H and O–H groups in total. The highest BCUT2D eigenvalue weighted by atomic mass is 19.1. The molecule has 6 rings (SSSR count). The molecule has 1 aromatic carbocycles. The number of oxazole rings is 1. The Labute approximate surface area is 197 Å². The number of ether oxygens (including phenoxy) is 1. The van der Waals surface area contributed by atoms with Crippen LogP contribution in [0.4, 0.5) is 20.5 Å². The van der Waals surface area contributed by atoms with Gasteiger partial charge in [-0.15, -0.1) is 0 Å². The van der Waals surface area contributed by atoms with Crippen molar-refractivity contribution >= 4 is 17.6 Å². The minimum Gasteiger partial charge on any atom is -0.484 e. The summed E-state index contributed by atoms with van der Waals surface area (Å²) in [7, 11) is 0. The van der Waals surface area contributed by atoms with Gasteiger partial charge in [-0.2, -0.15) is 4.98 Å². The van der Waals surface area contributed by atoms with Gasteiger partial charge < -0.3 is 19.4 Å². The zero-order chi connectivity index (χ0) is 23.2. The molecule has 0 spiro atoms. The van der Waals surface area contributed by atoms with Gasteiger partial charge in [-0.05, 0) is 69.9 Å². The Kier molecular flexibility index (Phi) is 5.67. The van der Waals surface area contributed by atoms with E-state index in [-0.39, 0.29) is 23.2 Å². The number of hydrogen-bond donors (Lipinski definition) is 1. The first-order chi connectivity index (χ1) is 16.5. The van der Waals surface area contributed by atoms with Gasteiger partial charge in [-0.3, -0.25) is 9.69 Å². The van der Waals surface area contributed by atoms with E-state index in [9.17, 15) is 13.6 Å². The molecule has 2 aromatic rings. The number of hydrogen-bond acceptors (Lipinski definition) is 6. The van der Waals surface area contributed by atoms with Crippen LogP contribution < -0.4 is 15.0 Å². The van der Waals surface area contributed by atoms with E-state index in [1.165, 1.54) is 6.42 Å². The SMILES string of the molecule is O=C(Nc1cc(F)c(OC2CC3C[C@H]3C2)c(F)c1)c1nc(N2CCCC2)oc1CN1CCCC1. The van der Waals surface area contributed by atoms with Crippen LogP contribution in [0, 0.1) is 23.5 Å². The van der Waals surface area contributed by atoms with Crippen molar-refractivity contribution in [2.75, 3.05) is 36.4 Å². The van der Waals surface area contributed by atoms with Gasteiger partial charge in [-0.1, -0.05) is 0 Å². The van der Waals surface area contributed by atoms with Crippen LogP contribution in [0.25, 0.3) is 0 Å². The molecule has 182 valence electrons. The molecule has 9 heteroatoms. The maximum atomic E-state index is 14.7. The van der Waals surface area contributed by atoms with Crippen molar-refractivity contribution < 1.29 is 22.7 Å². The average Bonchev–Trinajstić information content (AvgIpc) is 3.38. The molecule has 1 aromatic heterocycles. The molecule has 7 nitrogen and oxygen atoms in total. The number of nitrogens with zero attached hydrogens (tertiary/aromatic N) is 3. The minimum atomic E-state index is -0.814. The Morgan fingerprint density at radius 1 is 1.03 bits per heavy atom. The third kappa shape index (κ3) is 4.37. The molecule has 2 unspecified atom stereocenters. The van der Waals surface area contributed by atoms with E-state index in [0.29, 0.717) is 30.2 Å². The van der Waals surface area contributed by atoms with Crippen LogP contribution >= 0.6 is 0 Å². The first-order valence-electron chi connectivity index (χ1n) is 12.5. The molecule has 2 saturated carbocycles. The van der Waals surface area contributed by atoms with Crippen molar-refractivity contribution in [2.45, 2.75) is 57.6 Å². The lowest BCUT2D eigenvalue weighted by Gasteiger charge is -2.17. The van der Waals surface area contributed by atoms with Crippen molar-refractivity contribution in [1.29, 1.82) is 0 Å². The van der Waals surface area contributed by atoms with Gasteiger partial charge in [-0.25, -0.2) is 8.78 Å². The number of carbonyl (C=O) groups excluding carboxylic acids is 1. The number of fused-ring (bicyclic) bond motifs is 1. The third-order valence-corrected chi connectivity index (χ3v) is 7.58. The van der Waals surface area contributed by atoms with Crippen molar-refractivity contribution in [3.8, 4) is 5.75 Å². The second-order valence-electron chi connectivity index (χ2n) is 10.1. The Hall–Kier alpha value is -2.68. The summed E-state index contributed by atoms with van der Waals surface area (Å²) in [5.41, 5.74) is 0.194. The Morgan fingerprint density at radius 2 is 1.68 bits per heavy atom. The minimum absolute atomic E-state index is 0.0273. The maximum Gasteiger partial charge on any atom is 0.298 e. The van der Waals surface area contributed by atoms with E-state index in [4.69, 9.17) is 9.15 Å². The van der Waals surface area contributed by atoms with E-state index in [1.54, 1.807) is 0 Å². The van der Waals surface area contributed by atoms with Crippen LogP contribution in [0.3, 0.4) is 0 Å². The molecule has 3 atom stereocenters. The highest BCUT2D eigenvalue weighted by molar-refractivity contribution is 6.03. The van der Waals surface area contributed by atoms with Gasteiger partial charge in [0, 0.05) is 30.9 Å². The lowest BCUT2D eigenvalue weighted by atomic mass is 10.2. The molecule has 2 saturated heterocycles. The molecular formula is C25H30F2N4O3. The summed E-state index contributed by atoms with van der Waals surface area (Å²) in [6.07, 6.45) is 7.12. The molecule has 0 bridgehead atoms. The first-order valence-corrected chi connectivity index (χ1v) is 12.5. The van der Waals surface area contributed by atoms with Crippen molar-refractivity contribution in [2.24, 2.45) is 11.8 Å². The van der Waals surface area contributed by atoms with Crippen LogP contribution in [-0.2, 0) is 6.54 Å². The molecular weight excluding hydrogens is 442 g/mol. The molecule has 34 heavy (non-hydrogen) atoms. The average molecular weight is 473 g/mol. The molecule has 4 fully saturated rings. The number of aromatic nitrogens is 1. The summed E-state index contributed by atoms with van der Waals surface area (Å²) in [6, 6.07) is 2.65. The monoisotopic (exact) mass is 472 g/mol. The van der Waals surface area contributed by atoms with E-state index >= 15 is 0 Å². The Bertz CT molecular complexity index is 1050. The van der Waals surface area contributed by atoms with Crippen LogP contribution in [0.15, 0.2) is 16.5 Å². The first kappa shape index (κ1) is 21.8. The van der Waals surface area contributed by atoms with Gasteiger partial charge in [0.1, 0.15) is 0 Å². The number of carbonyl (C=O) groups is 1. The summed E-state index contributed by atoms with van der Waals surface area (Å²) in [6.45, 7) is 4.06. The lowest BCUT2D eigenvalue weighted by molar-refractivity contribution is 0.101. The molecule has 3 heterocycles. The molecule has 2 aliphatic heterocycles. The molecule has 2 aliphatic carbocycles. The van der Waals surface area contributed by atoms with Crippen molar-refractivity contribution in [1.82, 2.24) is 9.88 Å². The van der Waals surface area contributed by atoms with Gasteiger partial charge in [0.05, 0.1) is 12.6 Å².